The van der Waals surface area contributed by atoms with Gasteiger partial charge in [0, 0.05) is 87.4 Å². The highest BCUT2D eigenvalue weighted by Gasteiger charge is 2.39. The molecule has 10 rings (SSSR count). The van der Waals surface area contributed by atoms with Crippen LogP contribution in [0.25, 0.3) is 16.6 Å². The van der Waals surface area contributed by atoms with E-state index in [2.05, 4.69) is 50.8 Å². The Kier molecular flexibility index (Phi) is 13.5. The molecule has 5 aromatic rings. The van der Waals surface area contributed by atoms with Crippen molar-refractivity contribution in [2.75, 3.05) is 81.4 Å². The molecule has 3 aliphatic heterocycles. The third-order valence-corrected chi connectivity index (χ3v) is 15.9. The Labute approximate surface area is 412 Å². The maximum atomic E-state index is 14.6. The van der Waals surface area contributed by atoms with Crippen molar-refractivity contribution in [2.24, 2.45) is 5.41 Å². The SMILES string of the molecule is COC1CC(Nc2ccc(S(=O)(=O)NC(=O)c3ccc(N4CCN5CC6=C(c7ccc(Cl)cc7)CC(C)(C)CC6OCCCOC[C@@H]5C4)cc3N3CCCOc4nc5[nH]ccc5cc43)cc2[N+](=O)[O-])C1. The number of carbonyl (C=O) groups is 1. The fourth-order valence-electron chi connectivity index (χ4n) is 10.5. The summed E-state index contributed by atoms with van der Waals surface area (Å²) >= 11 is 6.37. The first kappa shape index (κ1) is 47.9. The van der Waals surface area contributed by atoms with E-state index in [0.717, 1.165) is 55.1 Å². The summed E-state index contributed by atoms with van der Waals surface area (Å²) in [7, 11) is -2.99. The third kappa shape index (κ3) is 10.1. The molecule has 3 N–H and O–H groups in total. The normalized spacial score (nSPS) is 23.1. The van der Waals surface area contributed by atoms with E-state index >= 15 is 0 Å². The molecule has 3 fully saturated rings. The molecule has 19 heteroatoms. The summed E-state index contributed by atoms with van der Waals surface area (Å²) < 4.78 is 54.9. The number of nitrogens with zero attached hydrogens (tertiary/aromatic N) is 5. The summed E-state index contributed by atoms with van der Waals surface area (Å²) in [6, 6.07) is 21.0. The van der Waals surface area contributed by atoms with E-state index in [9.17, 15) is 23.3 Å². The van der Waals surface area contributed by atoms with Gasteiger partial charge in [0.1, 0.15) is 17.0 Å². The predicted octanol–water partition coefficient (Wildman–Crippen LogP) is 8.32. The number of nitro benzene ring substituents is 1. The maximum absolute atomic E-state index is 14.6. The van der Waals surface area contributed by atoms with E-state index in [-0.39, 0.29) is 41.0 Å². The number of allylic oxidation sites excluding steroid dienone is 1. The molecule has 2 aliphatic carbocycles. The summed E-state index contributed by atoms with van der Waals surface area (Å²) in [6.45, 7) is 9.87. The van der Waals surface area contributed by atoms with Crippen LogP contribution in [0.5, 0.6) is 5.88 Å². The van der Waals surface area contributed by atoms with Gasteiger partial charge >= 0.3 is 0 Å². The van der Waals surface area contributed by atoms with E-state index in [1.807, 2.05) is 41.3 Å². The van der Waals surface area contributed by atoms with Crippen molar-refractivity contribution in [3.8, 4) is 5.88 Å². The number of hydrogen-bond donors (Lipinski definition) is 3. The molecular formula is C51H59ClN8O9S. The number of carbonyl (C=O) groups excluding carboxylic acids is 1. The molecule has 1 amide bonds. The first-order chi connectivity index (χ1) is 33.7. The summed E-state index contributed by atoms with van der Waals surface area (Å²) in [5.41, 5.74) is 6.24. The number of nitro groups is 1. The lowest BCUT2D eigenvalue weighted by Gasteiger charge is -2.45. The number of H-pyrrole nitrogens is 1. The van der Waals surface area contributed by atoms with Crippen LogP contribution in [-0.2, 0) is 24.2 Å². The molecule has 2 aromatic heterocycles. The number of aromatic amines is 1. The van der Waals surface area contributed by atoms with Gasteiger partial charge in [-0.1, -0.05) is 37.6 Å². The van der Waals surface area contributed by atoms with Gasteiger partial charge in [-0.25, -0.2) is 13.1 Å². The average molecular weight is 996 g/mol. The number of sulfonamides is 1. The number of nitrogens with one attached hydrogen (secondary N) is 3. The standard InChI is InChI=1S/C51H59ClN8O9S/c1-51(2)27-41(32-6-8-34(52)9-7-32)42-30-58-18-17-57(29-37(58)31-67-19-5-21-68-47(42)28-51)36-10-12-40(44(25-36)59-16-4-20-69-50-46(59)22-33-14-15-53-48(33)55-50)49(61)56-70(64,65)39-11-13-43(45(26-39)60(62)63)54-35-23-38(24-35)66-3/h6-15,22,25-26,35,37-38,47,54H,4-5,16-21,23-24,27-31H2,1-3H3,(H,53,55)(H,56,61)/t35?,37-,38?,47?/m0/s1. The van der Waals surface area contributed by atoms with Crippen molar-refractivity contribution < 1.29 is 37.1 Å². The van der Waals surface area contributed by atoms with Gasteiger partial charge in [-0.3, -0.25) is 19.8 Å². The number of benzene rings is 3. The highest BCUT2D eigenvalue weighted by atomic mass is 35.5. The minimum atomic E-state index is -4.61. The molecule has 70 heavy (non-hydrogen) atoms. The number of rotatable bonds is 10. The van der Waals surface area contributed by atoms with Gasteiger partial charge < -0.3 is 39.0 Å². The molecule has 0 spiro atoms. The molecule has 1 saturated carbocycles. The van der Waals surface area contributed by atoms with E-state index in [0.29, 0.717) is 93.2 Å². The molecule has 0 bridgehead atoms. The Balaban J connectivity index is 0.975. The molecular weight excluding hydrogens is 936 g/mol. The third-order valence-electron chi connectivity index (χ3n) is 14.3. The molecule has 0 radical (unpaired) electrons. The summed E-state index contributed by atoms with van der Waals surface area (Å²) in [4.78, 5) is 40.5. The first-order valence-electron chi connectivity index (χ1n) is 24.1. The second kappa shape index (κ2) is 19.8. The van der Waals surface area contributed by atoms with Crippen molar-refractivity contribution in [3.05, 3.63) is 111 Å². The lowest BCUT2D eigenvalue weighted by atomic mass is 9.71. The highest BCUT2D eigenvalue weighted by molar-refractivity contribution is 7.90. The molecule has 5 aliphatic rings. The topological polar surface area (TPSA) is 194 Å². The number of amides is 1. The zero-order valence-electron chi connectivity index (χ0n) is 39.6. The van der Waals surface area contributed by atoms with Crippen LogP contribution in [0.15, 0.2) is 89.5 Å². The molecule has 17 nitrogen and oxygen atoms in total. The minimum absolute atomic E-state index is 0.0120. The van der Waals surface area contributed by atoms with E-state index in [4.69, 9.17) is 35.5 Å². The van der Waals surface area contributed by atoms with Gasteiger partial charge in [0.15, 0.2) is 0 Å². The number of hydrogen-bond acceptors (Lipinski definition) is 14. The number of methoxy groups -OCH3 is 1. The van der Waals surface area contributed by atoms with Crippen LogP contribution in [0.1, 0.15) is 68.3 Å². The molecule has 3 aromatic carbocycles. The molecule has 1 unspecified atom stereocenters. The zero-order chi connectivity index (χ0) is 48.7. The number of pyridine rings is 1. The van der Waals surface area contributed by atoms with Gasteiger partial charge in [-0.15, -0.1) is 0 Å². The Hall–Kier alpha value is -5.76. The van der Waals surface area contributed by atoms with Gasteiger partial charge in [-0.2, -0.15) is 4.98 Å². The number of aromatic nitrogens is 2. The van der Waals surface area contributed by atoms with E-state index in [1.54, 1.807) is 19.4 Å². The lowest BCUT2D eigenvalue weighted by molar-refractivity contribution is -0.384. The molecule has 370 valence electrons. The molecule has 5 heterocycles. The zero-order valence-corrected chi connectivity index (χ0v) is 41.2. The van der Waals surface area contributed by atoms with Crippen molar-refractivity contribution in [1.29, 1.82) is 0 Å². The fraction of sp³-hybridized carbons (Fsp3) is 0.451. The Morgan fingerprint density at radius 1 is 0.986 bits per heavy atom. The minimum Gasteiger partial charge on any atom is -0.476 e. The summed E-state index contributed by atoms with van der Waals surface area (Å²) in [5, 5.41) is 16.9. The largest absolute Gasteiger partial charge is 0.476 e. The lowest BCUT2D eigenvalue weighted by Crippen LogP contribution is -2.56. The smallest absolute Gasteiger partial charge is 0.293 e. The second-order valence-electron chi connectivity index (χ2n) is 19.7. The molecule has 2 saturated heterocycles. The van der Waals surface area contributed by atoms with Crippen LogP contribution in [0, 0.1) is 15.5 Å². The number of anilines is 4. The quantitative estimate of drug-likeness (QED) is 0.0893. The van der Waals surface area contributed by atoms with Crippen LogP contribution >= 0.6 is 11.6 Å². The molecule has 2 atom stereocenters. The average Bonchev–Trinajstić information content (AvgIpc) is 3.67. The number of piperazine rings is 1. The Morgan fingerprint density at radius 3 is 2.61 bits per heavy atom. The number of halogens is 1. The highest BCUT2D eigenvalue weighted by Crippen LogP contribution is 2.46. The van der Waals surface area contributed by atoms with E-state index < -0.39 is 31.4 Å². The predicted molar refractivity (Wildman–Crippen MR) is 269 cm³/mol. The number of ether oxygens (including phenoxy) is 4. The fourth-order valence-corrected chi connectivity index (χ4v) is 11.6. The maximum Gasteiger partial charge on any atom is 0.293 e. The van der Waals surface area contributed by atoms with Crippen molar-refractivity contribution in [3.63, 3.8) is 0 Å². The van der Waals surface area contributed by atoms with Crippen molar-refractivity contribution >= 4 is 72.6 Å². The van der Waals surface area contributed by atoms with Crippen LogP contribution in [0.3, 0.4) is 0 Å². The van der Waals surface area contributed by atoms with Crippen molar-refractivity contribution in [2.45, 2.75) is 81.6 Å². The Morgan fingerprint density at radius 2 is 1.81 bits per heavy atom. The second-order valence-corrected chi connectivity index (χ2v) is 21.9. The van der Waals surface area contributed by atoms with Crippen LogP contribution in [-0.4, -0.2) is 125 Å². The van der Waals surface area contributed by atoms with Crippen LogP contribution in [0.4, 0.5) is 28.4 Å². The van der Waals surface area contributed by atoms with Crippen molar-refractivity contribution in [1.82, 2.24) is 19.6 Å². The van der Waals surface area contributed by atoms with Gasteiger partial charge in [0.2, 0.25) is 5.88 Å². The van der Waals surface area contributed by atoms with E-state index in [1.165, 1.54) is 23.3 Å². The summed E-state index contributed by atoms with van der Waals surface area (Å²) in [5.74, 6) is -0.519. The van der Waals surface area contributed by atoms with Crippen LogP contribution < -0.4 is 24.6 Å². The van der Waals surface area contributed by atoms with Gasteiger partial charge in [-0.05, 0) is 115 Å². The van der Waals surface area contributed by atoms with Crippen LogP contribution in [0.2, 0.25) is 5.02 Å². The summed E-state index contributed by atoms with van der Waals surface area (Å²) in [6.07, 6.45) is 6.34. The van der Waals surface area contributed by atoms with Gasteiger partial charge in [0.05, 0.1) is 52.5 Å². The monoisotopic (exact) mass is 994 g/mol. The number of fused-ring (bicyclic) bond motifs is 4. The first-order valence-corrected chi connectivity index (χ1v) is 25.9. The van der Waals surface area contributed by atoms with Gasteiger partial charge in [0.25, 0.3) is 21.6 Å². The Bertz CT molecular complexity index is 2920.